The molecule has 2 heterocycles. The average molecular weight is 407 g/mol. The lowest BCUT2D eigenvalue weighted by Gasteiger charge is -2.30. The van der Waals surface area contributed by atoms with Gasteiger partial charge in [0.15, 0.2) is 0 Å². The van der Waals surface area contributed by atoms with Crippen molar-refractivity contribution in [1.29, 1.82) is 0 Å². The highest BCUT2D eigenvalue weighted by Crippen LogP contribution is 2.27. The zero-order valence-corrected chi connectivity index (χ0v) is 17.7. The van der Waals surface area contributed by atoms with Crippen molar-refractivity contribution < 1.29 is 4.79 Å². The monoisotopic (exact) mass is 406 g/mol. The second-order valence-electron chi connectivity index (χ2n) is 7.91. The van der Waals surface area contributed by atoms with Gasteiger partial charge >= 0.3 is 0 Å². The molecule has 29 heavy (non-hydrogen) atoms. The first kappa shape index (κ1) is 19.7. The minimum absolute atomic E-state index is 0.158. The first-order valence-corrected chi connectivity index (χ1v) is 10.9. The Labute approximate surface area is 175 Å². The van der Waals surface area contributed by atoms with Crippen LogP contribution in [0.25, 0.3) is 10.6 Å². The normalized spacial score (nSPS) is 17.2. The van der Waals surface area contributed by atoms with E-state index in [1.165, 1.54) is 35.3 Å². The summed E-state index contributed by atoms with van der Waals surface area (Å²) in [4.78, 5) is 15.1. The Morgan fingerprint density at radius 3 is 2.62 bits per heavy atom. The molecule has 0 bridgehead atoms. The van der Waals surface area contributed by atoms with E-state index in [1.54, 1.807) is 0 Å². The molecule has 1 fully saturated rings. The van der Waals surface area contributed by atoms with E-state index < -0.39 is 0 Å². The number of aromatic nitrogens is 2. The van der Waals surface area contributed by atoms with Crippen LogP contribution in [0.3, 0.4) is 0 Å². The molecular formula is C23H26N4OS. The molecule has 0 saturated carbocycles. The smallest absolute Gasteiger partial charge is 0.257 e. The fourth-order valence-corrected chi connectivity index (χ4v) is 4.45. The van der Waals surface area contributed by atoms with Gasteiger partial charge in [0, 0.05) is 24.2 Å². The van der Waals surface area contributed by atoms with Crippen LogP contribution in [0.2, 0.25) is 0 Å². The number of aryl methyl sites for hydroxylation is 1. The van der Waals surface area contributed by atoms with Crippen molar-refractivity contribution in [1.82, 2.24) is 15.1 Å². The van der Waals surface area contributed by atoms with Crippen LogP contribution >= 0.6 is 11.3 Å². The molecule has 0 radical (unpaired) electrons. The Balaban J connectivity index is 1.37. The van der Waals surface area contributed by atoms with Gasteiger partial charge in [0.1, 0.15) is 5.01 Å². The number of nitrogens with zero attached hydrogens (tertiary/aromatic N) is 3. The maximum atomic E-state index is 12.6. The van der Waals surface area contributed by atoms with Gasteiger partial charge in [-0.25, -0.2) is 0 Å². The summed E-state index contributed by atoms with van der Waals surface area (Å²) < 4.78 is 0. The van der Waals surface area contributed by atoms with Crippen molar-refractivity contribution in [2.45, 2.75) is 33.2 Å². The maximum absolute atomic E-state index is 12.6. The Morgan fingerprint density at radius 2 is 1.90 bits per heavy atom. The predicted octanol–water partition coefficient (Wildman–Crippen LogP) is 5.00. The Hall–Kier alpha value is -2.57. The van der Waals surface area contributed by atoms with E-state index in [-0.39, 0.29) is 5.91 Å². The fraction of sp³-hybridized carbons (Fsp3) is 0.348. The quantitative estimate of drug-likeness (QED) is 0.648. The molecule has 2 aromatic carbocycles. The van der Waals surface area contributed by atoms with E-state index in [1.807, 2.05) is 55.5 Å². The third-order valence-electron chi connectivity index (χ3n) is 5.31. The molecule has 150 valence electrons. The van der Waals surface area contributed by atoms with E-state index in [0.717, 1.165) is 36.1 Å². The third-order valence-corrected chi connectivity index (χ3v) is 6.20. The molecule has 1 atom stereocenters. The van der Waals surface area contributed by atoms with Crippen LogP contribution in [-0.2, 0) is 6.54 Å². The van der Waals surface area contributed by atoms with Crippen molar-refractivity contribution in [3.63, 3.8) is 0 Å². The van der Waals surface area contributed by atoms with Crippen LogP contribution in [0.5, 0.6) is 0 Å². The number of rotatable bonds is 5. The minimum Gasteiger partial charge on any atom is -0.299 e. The summed E-state index contributed by atoms with van der Waals surface area (Å²) in [6.45, 7) is 7.63. The Bertz CT molecular complexity index is 965. The van der Waals surface area contributed by atoms with E-state index in [9.17, 15) is 4.79 Å². The number of likely N-dealkylation sites (tertiary alicyclic amines) is 1. The van der Waals surface area contributed by atoms with Crippen molar-refractivity contribution >= 4 is 22.4 Å². The number of hydrogen-bond donors (Lipinski definition) is 1. The predicted molar refractivity (Wildman–Crippen MR) is 118 cm³/mol. The van der Waals surface area contributed by atoms with Gasteiger partial charge in [0.25, 0.3) is 5.91 Å². The number of anilines is 1. The van der Waals surface area contributed by atoms with Gasteiger partial charge in [0.05, 0.1) is 0 Å². The molecule has 1 aliphatic heterocycles. The summed E-state index contributed by atoms with van der Waals surface area (Å²) >= 11 is 1.38. The van der Waals surface area contributed by atoms with E-state index in [0.29, 0.717) is 10.7 Å². The number of benzene rings is 2. The second-order valence-corrected chi connectivity index (χ2v) is 8.89. The highest BCUT2D eigenvalue weighted by atomic mass is 32.1. The minimum atomic E-state index is -0.158. The molecular weight excluding hydrogens is 380 g/mol. The lowest BCUT2D eigenvalue weighted by Crippen LogP contribution is -2.33. The molecule has 6 heteroatoms. The number of nitrogens with one attached hydrogen (secondary N) is 1. The van der Waals surface area contributed by atoms with Gasteiger partial charge in [-0.3, -0.25) is 15.0 Å². The molecule has 0 spiro atoms. The zero-order chi connectivity index (χ0) is 20.2. The molecule has 1 N–H and O–H groups in total. The van der Waals surface area contributed by atoms with Gasteiger partial charge in [-0.2, -0.15) is 0 Å². The van der Waals surface area contributed by atoms with E-state index in [2.05, 4.69) is 27.3 Å². The standard InChI is InChI=1S/C23H26N4OS/c1-16-5-9-20(10-6-16)22-25-26-23(29-22)24-21(28)19-11-7-18(8-12-19)15-27-13-3-4-17(2)14-27/h5-12,17H,3-4,13-15H2,1-2H3,(H,24,26,28)/t17-/m1/s1. The molecule has 1 aliphatic rings. The van der Waals surface area contributed by atoms with Crippen molar-refractivity contribution in [2.75, 3.05) is 18.4 Å². The lowest BCUT2D eigenvalue weighted by atomic mass is 9.99. The summed E-state index contributed by atoms with van der Waals surface area (Å²) in [5.41, 5.74) is 4.08. The maximum Gasteiger partial charge on any atom is 0.257 e. The summed E-state index contributed by atoms with van der Waals surface area (Å²) in [5.74, 6) is 0.611. The van der Waals surface area contributed by atoms with Crippen LogP contribution in [-0.4, -0.2) is 34.1 Å². The van der Waals surface area contributed by atoms with Gasteiger partial charge in [-0.15, -0.1) is 10.2 Å². The summed E-state index contributed by atoms with van der Waals surface area (Å²) in [7, 11) is 0. The topological polar surface area (TPSA) is 58.1 Å². The molecule has 1 aromatic heterocycles. The van der Waals surface area contributed by atoms with Gasteiger partial charge < -0.3 is 0 Å². The number of carbonyl (C=O) groups is 1. The number of amides is 1. The van der Waals surface area contributed by atoms with Crippen LogP contribution < -0.4 is 5.32 Å². The van der Waals surface area contributed by atoms with Gasteiger partial charge in [-0.1, -0.05) is 60.2 Å². The number of piperidine rings is 1. The number of hydrogen-bond acceptors (Lipinski definition) is 5. The molecule has 4 rings (SSSR count). The molecule has 0 unspecified atom stereocenters. The van der Waals surface area contributed by atoms with Crippen molar-refractivity contribution in [3.05, 3.63) is 65.2 Å². The molecule has 1 amide bonds. The van der Waals surface area contributed by atoms with Crippen molar-refractivity contribution in [2.24, 2.45) is 5.92 Å². The molecule has 3 aromatic rings. The van der Waals surface area contributed by atoms with Crippen LogP contribution in [0.4, 0.5) is 5.13 Å². The summed E-state index contributed by atoms with van der Waals surface area (Å²) in [6, 6.07) is 16.0. The van der Waals surface area contributed by atoms with E-state index >= 15 is 0 Å². The molecule has 0 aliphatic carbocycles. The summed E-state index contributed by atoms with van der Waals surface area (Å²) in [5, 5.41) is 12.5. The Morgan fingerprint density at radius 1 is 1.14 bits per heavy atom. The fourth-order valence-electron chi connectivity index (χ4n) is 3.71. The summed E-state index contributed by atoms with van der Waals surface area (Å²) in [6.07, 6.45) is 2.60. The van der Waals surface area contributed by atoms with E-state index in [4.69, 9.17) is 0 Å². The average Bonchev–Trinajstić information content (AvgIpc) is 3.17. The molecule has 5 nitrogen and oxygen atoms in total. The highest BCUT2D eigenvalue weighted by Gasteiger charge is 2.16. The van der Waals surface area contributed by atoms with Crippen molar-refractivity contribution in [3.8, 4) is 10.6 Å². The zero-order valence-electron chi connectivity index (χ0n) is 16.9. The third kappa shape index (κ3) is 5.08. The van der Waals surface area contributed by atoms with Gasteiger partial charge in [0.2, 0.25) is 5.13 Å². The SMILES string of the molecule is Cc1ccc(-c2nnc(NC(=O)c3ccc(CN4CCC[C@@H](C)C4)cc3)s2)cc1. The first-order valence-electron chi connectivity index (χ1n) is 10.1. The highest BCUT2D eigenvalue weighted by molar-refractivity contribution is 7.18. The Kier molecular flexibility index (Phi) is 6.02. The van der Waals surface area contributed by atoms with Crippen LogP contribution in [0.15, 0.2) is 48.5 Å². The molecule has 1 saturated heterocycles. The van der Waals surface area contributed by atoms with Crippen LogP contribution in [0.1, 0.15) is 41.3 Å². The second kappa shape index (κ2) is 8.84. The number of carbonyl (C=O) groups excluding carboxylic acids is 1. The van der Waals surface area contributed by atoms with Crippen LogP contribution in [0, 0.1) is 12.8 Å². The first-order chi connectivity index (χ1) is 14.1. The van der Waals surface area contributed by atoms with Gasteiger partial charge in [-0.05, 0) is 49.9 Å². The largest absolute Gasteiger partial charge is 0.299 e. The lowest BCUT2D eigenvalue weighted by molar-refractivity contribution is 0.102.